The van der Waals surface area contributed by atoms with Crippen molar-refractivity contribution in [1.82, 2.24) is 0 Å². The maximum absolute atomic E-state index is 13.8. The second kappa shape index (κ2) is 20.0. The monoisotopic (exact) mass is 802 g/mol. The second-order valence-corrected chi connectivity index (χ2v) is 14.8. The van der Waals surface area contributed by atoms with E-state index >= 15 is 0 Å². The van der Waals surface area contributed by atoms with E-state index in [2.05, 4.69) is 0 Å². The molecule has 0 aromatic heterocycles. The molecule has 59 heavy (non-hydrogen) atoms. The molecule has 3 aliphatic heterocycles. The molecule has 0 spiro atoms. The summed E-state index contributed by atoms with van der Waals surface area (Å²) in [6.07, 6.45) is -8.99. The number of fused-ring (bicyclic) bond motifs is 1. The molecule has 0 bridgehead atoms. The highest BCUT2D eigenvalue weighted by Crippen LogP contribution is 2.40. The quantitative estimate of drug-likeness (QED) is 0.0978. The van der Waals surface area contributed by atoms with Crippen LogP contribution in [0.1, 0.15) is 45.8 Å². The van der Waals surface area contributed by atoms with E-state index in [4.69, 9.17) is 47.4 Å². The molecule has 7 unspecified atom stereocenters. The number of carbonyl (C=O) groups is 1. The Labute approximate surface area is 345 Å². The molecule has 0 amide bonds. The highest BCUT2D eigenvalue weighted by atomic mass is 16.8. The van der Waals surface area contributed by atoms with Crippen molar-refractivity contribution in [3.8, 4) is 0 Å². The van der Waals surface area contributed by atoms with Crippen molar-refractivity contribution in [3.05, 3.63) is 179 Å². The molecule has 11 nitrogen and oxygen atoms in total. The summed E-state index contributed by atoms with van der Waals surface area (Å²) in [4.78, 5) is 13.8. The fourth-order valence-electron chi connectivity index (χ4n) is 7.70. The Hall–Kier alpha value is -4.79. The fraction of sp³-hybridized carbons (Fsp3) is 0.354. The predicted molar refractivity (Wildman–Crippen MR) is 216 cm³/mol. The number of hydrogen-bond donors (Lipinski definition) is 0. The Kier molecular flexibility index (Phi) is 13.9. The molecule has 0 radical (unpaired) electrons. The number of methoxy groups -OCH3 is 1. The maximum atomic E-state index is 13.8. The first-order chi connectivity index (χ1) is 29.0. The Bertz CT molecular complexity index is 2010. The summed E-state index contributed by atoms with van der Waals surface area (Å²) >= 11 is 0. The summed E-state index contributed by atoms with van der Waals surface area (Å²) in [6.45, 7) is 2.94. The first kappa shape index (κ1) is 41.0. The molecule has 0 aliphatic carbocycles. The van der Waals surface area contributed by atoms with Gasteiger partial charge < -0.3 is 47.4 Å². The molecule has 3 heterocycles. The lowest BCUT2D eigenvalue weighted by Crippen LogP contribution is -2.67. The van der Waals surface area contributed by atoms with Gasteiger partial charge in [0.15, 0.2) is 25.0 Å². The van der Waals surface area contributed by atoms with Gasteiger partial charge in [-0.05, 0) is 35.7 Å². The third kappa shape index (κ3) is 10.2. The van der Waals surface area contributed by atoms with E-state index in [1.54, 1.807) is 24.3 Å². The summed E-state index contributed by atoms with van der Waals surface area (Å²) in [6, 6.07) is 48.2. The van der Waals surface area contributed by atoms with Crippen LogP contribution in [0.5, 0.6) is 0 Å². The fourth-order valence-corrected chi connectivity index (χ4v) is 7.70. The SMILES string of the molecule is CO[C@H]1OC2COC(c3ccccc3)O[C@H]2C(O[C@@H]2OC(C)[C@H](OCc3ccccc3)C(OCc3ccccc3)C2OCc2ccccc2)C1OC(=O)c1ccccc1. The Morgan fingerprint density at radius 2 is 1.07 bits per heavy atom. The topological polar surface area (TPSA) is 109 Å². The van der Waals surface area contributed by atoms with E-state index in [0.717, 1.165) is 22.3 Å². The first-order valence-electron chi connectivity index (χ1n) is 20.1. The van der Waals surface area contributed by atoms with E-state index in [9.17, 15) is 4.79 Å². The highest BCUT2D eigenvalue weighted by Gasteiger charge is 2.56. The number of ether oxygens (including phenoxy) is 10. The normalized spacial score (nSPS) is 29.3. The molecule has 0 N–H and O–H groups in total. The average Bonchev–Trinajstić information content (AvgIpc) is 3.29. The third-order valence-electron chi connectivity index (χ3n) is 10.7. The lowest BCUT2D eigenvalue weighted by molar-refractivity contribution is -0.393. The summed E-state index contributed by atoms with van der Waals surface area (Å²) in [5, 5.41) is 0. The summed E-state index contributed by atoms with van der Waals surface area (Å²) < 4.78 is 65.7. The van der Waals surface area contributed by atoms with E-state index in [1.807, 2.05) is 134 Å². The van der Waals surface area contributed by atoms with Crippen LogP contribution in [0.2, 0.25) is 0 Å². The molecule has 308 valence electrons. The van der Waals surface area contributed by atoms with Crippen molar-refractivity contribution in [2.75, 3.05) is 13.7 Å². The standard InChI is InChI=1S/C48H50O11/c1-32-39(51-28-33-18-8-3-9-19-33)41(52-29-34-20-10-4-11-21-34)43(53-30-35-22-12-5-13-23-35)48(55-32)59-42-40-38(31-54-46(58-40)37-26-16-7-17-27-37)56-47(50-2)44(42)57-45(49)36-24-14-6-15-25-36/h3-27,32,38-44,46-48H,28-31H2,1-2H3/t32?,38?,39-,40+,41?,42?,43?,44?,46?,47-,48-/m0/s1. The van der Waals surface area contributed by atoms with E-state index in [-0.39, 0.29) is 19.8 Å². The lowest BCUT2D eigenvalue weighted by atomic mass is 9.95. The van der Waals surface area contributed by atoms with Crippen molar-refractivity contribution >= 4 is 5.97 Å². The van der Waals surface area contributed by atoms with E-state index in [0.29, 0.717) is 12.2 Å². The largest absolute Gasteiger partial charge is 0.450 e. The molecule has 5 aromatic rings. The van der Waals surface area contributed by atoms with Crippen molar-refractivity contribution in [3.63, 3.8) is 0 Å². The summed E-state index contributed by atoms with van der Waals surface area (Å²) in [7, 11) is 1.50. The highest BCUT2D eigenvalue weighted by molar-refractivity contribution is 5.89. The van der Waals surface area contributed by atoms with Crippen molar-refractivity contribution in [1.29, 1.82) is 0 Å². The molecular formula is C48H50O11. The maximum Gasteiger partial charge on any atom is 0.338 e. The van der Waals surface area contributed by atoms with Crippen LogP contribution in [0, 0.1) is 0 Å². The Morgan fingerprint density at radius 1 is 0.559 bits per heavy atom. The number of benzene rings is 5. The van der Waals surface area contributed by atoms with Gasteiger partial charge in [0.05, 0.1) is 38.1 Å². The van der Waals surface area contributed by atoms with Gasteiger partial charge in [-0.2, -0.15) is 0 Å². The van der Waals surface area contributed by atoms with Gasteiger partial charge in [0.1, 0.15) is 36.6 Å². The van der Waals surface area contributed by atoms with Crippen LogP contribution in [-0.4, -0.2) is 81.1 Å². The number of carbonyl (C=O) groups excluding carboxylic acids is 1. The van der Waals surface area contributed by atoms with E-state index in [1.165, 1.54) is 7.11 Å². The van der Waals surface area contributed by atoms with Crippen molar-refractivity contribution < 1.29 is 52.2 Å². The van der Waals surface area contributed by atoms with Gasteiger partial charge in [-0.25, -0.2) is 4.79 Å². The van der Waals surface area contributed by atoms with Crippen LogP contribution >= 0.6 is 0 Å². The van der Waals surface area contributed by atoms with Gasteiger partial charge in [0.25, 0.3) is 0 Å². The van der Waals surface area contributed by atoms with Gasteiger partial charge in [0.2, 0.25) is 0 Å². The van der Waals surface area contributed by atoms with Crippen LogP contribution in [0.4, 0.5) is 0 Å². The molecule has 3 fully saturated rings. The zero-order valence-corrected chi connectivity index (χ0v) is 33.1. The third-order valence-corrected chi connectivity index (χ3v) is 10.7. The minimum atomic E-state index is -1.10. The smallest absolute Gasteiger partial charge is 0.338 e. The van der Waals surface area contributed by atoms with Gasteiger partial charge in [-0.15, -0.1) is 0 Å². The van der Waals surface area contributed by atoms with Gasteiger partial charge in [0, 0.05) is 12.7 Å². The minimum absolute atomic E-state index is 0.164. The molecule has 0 saturated carbocycles. The number of rotatable bonds is 15. The zero-order chi connectivity index (χ0) is 40.4. The van der Waals surface area contributed by atoms with Gasteiger partial charge in [-0.1, -0.05) is 140 Å². The van der Waals surface area contributed by atoms with Crippen LogP contribution in [0.25, 0.3) is 0 Å². The van der Waals surface area contributed by atoms with E-state index < -0.39 is 73.7 Å². The van der Waals surface area contributed by atoms with Crippen molar-refractivity contribution in [2.24, 2.45) is 0 Å². The van der Waals surface area contributed by atoms with Gasteiger partial charge >= 0.3 is 5.97 Å². The van der Waals surface area contributed by atoms with Gasteiger partial charge in [-0.3, -0.25) is 0 Å². The summed E-state index contributed by atoms with van der Waals surface area (Å²) in [5.74, 6) is -0.576. The molecule has 5 aromatic carbocycles. The number of hydrogen-bond acceptors (Lipinski definition) is 11. The van der Waals surface area contributed by atoms with Crippen LogP contribution in [0.15, 0.2) is 152 Å². The molecule has 3 aliphatic rings. The predicted octanol–water partition coefficient (Wildman–Crippen LogP) is 7.58. The zero-order valence-electron chi connectivity index (χ0n) is 33.1. The lowest BCUT2D eigenvalue weighted by Gasteiger charge is -2.51. The number of esters is 1. The average molecular weight is 803 g/mol. The van der Waals surface area contributed by atoms with Crippen molar-refractivity contribution in [2.45, 2.75) is 94.4 Å². The Balaban J connectivity index is 1.15. The molecule has 11 heteroatoms. The van der Waals surface area contributed by atoms with Crippen LogP contribution in [0.3, 0.4) is 0 Å². The molecule has 8 rings (SSSR count). The molecule has 11 atom stereocenters. The summed E-state index contributed by atoms with van der Waals surface area (Å²) in [5.41, 5.74) is 4.12. The minimum Gasteiger partial charge on any atom is -0.450 e. The second-order valence-electron chi connectivity index (χ2n) is 14.8. The Morgan fingerprint density at radius 3 is 1.63 bits per heavy atom. The van der Waals surface area contributed by atoms with Crippen LogP contribution < -0.4 is 0 Å². The van der Waals surface area contributed by atoms with Crippen LogP contribution in [-0.2, 0) is 67.2 Å². The molecular weight excluding hydrogens is 753 g/mol. The molecule has 3 saturated heterocycles. The first-order valence-corrected chi connectivity index (χ1v) is 20.1.